The van der Waals surface area contributed by atoms with Crippen LogP contribution >= 0.6 is 12.4 Å². The van der Waals surface area contributed by atoms with Crippen LogP contribution in [0.2, 0.25) is 0 Å². The smallest absolute Gasteiger partial charge is 0.0623 e. The Kier molecular flexibility index (Phi) is 8.10. The normalized spacial score (nSPS) is 39.1. The number of hydrogen-bond acceptors (Lipinski definition) is 4. The molecule has 136 valence electrons. The molecule has 5 unspecified atom stereocenters. The van der Waals surface area contributed by atoms with Crippen molar-refractivity contribution >= 4 is 12.4 Å². The zero-order valence-electron chi connectivity index (χ0n) is 14.9. The number of nitrogens with zero attached hydrogens (tertiary/aromatic N) is 1. The third-order valence-corrected chi connectivity index (χ3v) is 6.19. The van der Waals surface area contributed by atoms with Crippen molar-refractivity contribution in [3.63, 3.8) is 0 Å². The van der Waals surface area contributed by atoms with Crippen LogP contribution in [0.1, 0.15) is 52.4 Å². The standard InChI is InChI=1S/C18H35N3O.ClH/c1-14-5-3-6-15(2)21(14)11-9-19-17-8-4-7-16(17)18-13-22-12-10-20-18;/h14-20H,3-13H2,1-2H3;1H. The van der Waals surface area contributed by atoms with E-state index in [-0.39, 0.29) is 12.4 Å². The topological polar surface area (TPSA) is 36.5 Å². The molecule has 0 radical (unpaired) electrons. The van der Waals surface area contributed by atoms with Gasteiger partial charge < -0.3 is 15.4 Å². The van der Waals surface area contributed by atoms with Crippen molar-refractivity contribution in [3.05, 3.63) is 0 Å². The minimum absolute atomic E-state index is 0. The van der Waals surface area contributed by atoms with Gasteiger partial charge in [0.15, 0.2) is 0 Å². The van der Waals surface area contributed by atoms with E-state index in [1.54, 1.807) is 0 Å². The summed E-state index contributed by atoms with van der Waals surface area (Å²) < 4.78 is 5.67. The molecule has 0 aromatic heterocycles. The minimum atomic E-state index is 0. The summed E-state index contributed by atoms with van der Waals surface area (Å²) in [6, 6.07) is 2.79. The lowest BCUT2D eigenvalue weighted by molar-refractivity contribution is 0.0516. The molecule has 0 bridgehead atoms. The summed E-state index contributed by atoms with van der Waals surface area (Å²) >= 11 is 0. The zero-order chi connectivity index (χ0) is 15.4. The number of nitrogens with one attached hydrogen (secondary N) is 2. The van der Waals surface area contributed by atoms with Crippen molar-refractivity contribution in [1.82, 2.24) is 15.5 Å². The largest absolute Gasteiger partial charge is 0.379 e. The summed E-state index contributed by atoms with van der Waals surface area (Å²) in [4.78, 5) is 2.71. The maximum Gasteiger partial charge on any atom is 0.0623 e. The minimum Gasteiger partial charge on any atom is -0.379 e. The van der Waals surface area contributed by atoms with Gasteiger partial charge in [0.1, 0.15) is 0 Å². The number of hydrogen-bond donors (Lipinski definition) is 2. The van der Waals surface area contributed by atoms with Crippen LogP contribution in [0.4, 0.5) is 0 Å². The highest BCUT2D eigenvalue weighted by molar-refractivity contribution is 5.85. The van der Waals surface area contributed by atoms with Crippen LogP contribution in [-0.4, -0.2) is 61.9 Å². The van der Waals surface area contributed by atoms with E-state index in [4.69, 9.17) is 4.74 Å². The van der Waals surface area contributed by atoms with Gasteiger partial charge in [-0.1, -0.05) is 12.8 Å². The Morgan fingerprint density at radius 2 is 1.83 bits per heavy atom. The number of morpholine rings is 1. The summed E-state index contributed by atoms with van der Waals surface area (Å²) in [6.07, 6.45) is 8.23. The van der Waals surface area contributed by atoms with E-state index in [1.165, 1.54) is 45.1 Å². The molecule has 2 N–H and O–H groups in total. The zero-order valence-corrected chi connectivity index (χ0v) is 15.7. The van der Waals surface area contributed by atoms with Crippen LogP contribution in [0, 0.1) is 5.92 Å². The Morgan fingerprint density at radius 1 is 1.09 bits per heavy atom. The number of ether oxygens (including phenoxy) is 1. The van der Waals surface area contributed by atoms with Gasteiger partial charge in [-0.25, -0.2) is 0 Å². The number of likely N-dealkylation sites (tertiary alicyclic amines) is 1. The molecule has 2 aliphatic heterocycles. The molecule has 0 aromatic rings. The van der Waals surface area contributed by atoms with Crippen molar-refractivity contribution < 1.29 is 4.74 Å². The van der Waals surface area contributed by atoms with Gasteiger partial charge in [0.2, 0.25) is 0 Å². The van der Waals surface area contributed by atoms with E-state index in [1.807, 2.05) is 0 Å². The number of rotatable bonds is 5. The molecule has 2 heterocycles. The molecule has 2 saturated heterocycles. The highest BCUT2D eigenvalue weighted by atomic mass is 35.5. The van der Waals surface area contributed by atoms with Gasteiger partial charge in [0.25, 0.3) is 0 Å². The van der Waals surface area contributed by atoms with Gasteiger partial charge in [-0.05, 0) is 45.4 Å². The predicted octanol–water partition coefficient (Wildman–Crippen LogP) is 2.42. The first-order valence-corrected chi connectivity index (χ1v) is 9.56. The Morgan fingerprint density at radius 3 is 2.52 bits per heavy atom. The average Bonchev–Trinajstić information content (AvgIpc) is 2.99. The Labute approximate surface area is 148 Å². The summed E-state index contributed by atoms with van der Waals surface area (Å²) in [5.41, 5.74) is 0. The Hall–Kier alpha value is 0.130. The second kappa shape index (κ2) is 9.57. The molecule has 3 fully saturated rings. The number of halogens is 1. The second-order valence-electron chi connectivity index (χ2n) is 7.66. The van der Waals surface area contributed by atoms with Crippen LogP contribution in [0.3, 0.4) is 0 Å². The van der Waals surface area contributed by atoms with Crippen LogP contribution in [0.15, 0.2) is 0 Å². The Bertz CT molecular complexity index is 328. The molecule has 23 heavy (non-hydrogen) atoms. The molecule has 3 rings (SSSR count). The molecule has 5 atom stereocenters. The molecule has 4 nitrogen and oxygen atoms in total. The third kappa shape index (κ3) is 5.05. The van der Waals surface area contributed by atoms with Gasteiger partial charge >= 0.3 is 0 Å². The summed E-state index contributed by atoms with van der Waals surface area (Å²) in [7, 11) is 0. The first-order chi connectivity index (χ1) is 10.8. The second-order valence-corrected chi connectivity index (χ2v) is 7.66. The van der Waals surface area contributed by atoms with Gasteiger partial charge in [-0.15, -0.1) is 12.4 Å². The fourth-order valence-corrected chi connectivity index (χ4v) is 4.88. The van der Waals surface area contributed by atoms with Crippen molar-refractivity contribution in [2.24, 2.45) is 5.92 Å². The fraction of sp³-hybridized carbons (Fsp3) is 1.00. The summed E-state index contributed by atoms with van der Waals surface area (Å²) in [5, 5.41) is 7.55. The molecule has 0 amide bonds. The van der Waals surface area contributed by atoms with Gasteiger partial charge in [0, 0.05) is 43.8 Å². The summed E-state index contributed by atoms with van der Waals surface area (Å²) in [5.74, 6) is 0.761. The molecule has 3 aliphatic rings. The molecule has 1 saturated carbocycles. The average molecular weight is 346 g/mol. The molecular weight excluding hydrogens is 310 g/mol. The van der Waals surface area contributed by atoms with Crippen molar-refractivity contribution in [1.29, 1.82) is 0 Å². The molecule has 0 spiro atoms. The van der Waals surface area contributed by atoms with E-state index in [0.29, 0.717) is 12.1 Å². The van der Waals surface area contributed by atoms with E-state index in [2.05, 4.69) is 29.4 Å². The monoisotopic (exact) mass is 345 g/mol. The molecular formula is C18H36ClN3O. The Balaban J connectivity index is 0.00000192. The maximum absolute atomic E-state index is 5.67. The lowest BCUT2D eigenvalue weighted by Crippen LogP contribution is -2.52. The van der Waals surface area contributed by atoms with E-state index in [9.17, 15) is 0 Å². The van der Waals surface area contributed by atoms with E-state index < -0.39 is 0 Å². The van der Waals surface area contributed by atoms with Crippen LogP contribution < -0.4 is 10.6 Å². The highest BCUT2D eigenvalue weighted by Gasteiger charge is 2.34. The van der Waals surface area contributed by atoms with Crippen molar-refractivity contribution in [2.45, 2.75) is 76.5 Å². The fourth-order valence-electron chi connectivity index (χ4n) is 4.88. The molecule has 5 heteroatoms. The van der Waals surface area contributed by atoms with Gasteiger partial charge in [-0.2, -0.15) is 0 Å². The van der Waals surface area contributed by atoms with Gasteiger partial charge in [-0.3, -0.25) is 4.90 Å². The first kappa shape index (κ1) is 19.5. The van der Waals surface area contributed by atoms with Crippen molar-refractivity contribution in [2.75, 3.05) is 32.8 Å². The lowest BCUT2D eigenvalue weighted by atomic mass is 9.94. The third-order valence-electron chi connectivity index (χ3n) is 6.19. The first-order valence-electron chi connectivity index (χ1n) is 9.56. The van der Waals surface area contributed by atoms with E-state index in [0.717, 1.165) is 44.3 Å². The molecule has 1 aliphatic carbocycles. The van der Waals surface area contributed by atoms with Crippen molar-refractivity contribution in [3.8, 4) is 0 Å². The highest BCUT2D eigenvalue weighted by Crippen LogP contribution is 2.29. The molecule has 0 aromatic carbocycles. The maximum atomic E-state index is 5.67. The van der Waals surface area contributed by atoms with Crippen LogP contribution in [-0.2, 0) is 4.74 Å². The van der Waals surface area contributed by atoms with E-state index >= 15 is 0 Å². The van der Waals surface area contributed by atoms with Gasteiger partial charge in [0.05, 0.1) is 13.2 Å². The van der Waals surface area contributed by atoms with Crippen LogP contribution in [0.5, 0.6) is 0 Å². The SMILES string of the molecule is CC1CCCC(C)N1CCNC1CCCC1C1COCCN1.Cl. The number of piperidine rings is 1. The quantitative estimate of drug-likeness (QED) is 0.802. The van der Waals surface area contributed by atoms with Crippen LogP contribution in [0.25, 0.3) is 0 Å². The predicted molar refractivity (Wildman–Crippen MR) is 98.5 cm³/mol. The lowest BCUT2D eigenvalue weighted by Gasteiger charge is -2.39. The summed E-state index contributed by atoms with van der Waals surface area (Å²) in [6.45, 7) is 9.96.